The molecule has 1 aliphatic rings. The van der Waals surface area contributed by atoms with Gasteiger partial charge < -0.3 is 5.73 Å². The van der Waals surface area contributed by atoms with Crippen LogP contribution in [0, 0.1) is 0 Å². The molecule has 0 spiro atoms. The minimum absolute atomic E-state index is 0.526. The van der Waals surface area contributed by atoms with Crippen molar-refractivity contribution in [3.63, 3.8) is 0 Å². The molecule has 1 saturated heterocycles. The van der Waals surface area contributed by atoms with Gasteiger partial charge in [-0.3, -0.25) is 4.90 Å². The molecular weight excluding hydrogens is 252 g/mol. The number of hydrogen-bond donors (Lipinski definition) is 1. The maximum Gasteiger partial charge on any atom is 0.0224 e. The fourth-order valence-corrected chi connectivity index (χ4v) is 3.94. The van der Waals surface area contributed by atoms with Crippen molar-refractivity contribution in [2.45, 2.75) is 37.5 Å². The predicted molar refractivity (Wildman–Crippen MR) is 85.8 cm³/mol. The van der Waals surface area contributed by atoms with E-state index in [4.69, 9.17) is 5.73 Å². The third kappa shape index (κ3) is 4.23. The van der Waals surface area contributed by atoms with E-state index in [2.05, 4.69) is 60.8 Å². The van der Waals surface area contributed by atoms with E-state index in [0.717, 1.165) is 18.2 Å². The van der Waals surface area contributed by atoms with E-state index in [1.807, 2.05) is 0 Å². The fourth-order valence-electron chi connectivity index (χ4n) is 2.90. The van der Waals surface area contributed by atoms with Gasteiger partial charge in [0.05, 0.1) is 0 Å². The summed E-state index contributed by atoms with van der Waals surface area (Å²) >= 11 is 2.08. The average Bonchev–Trinajstić information content (AvgIpc) is 2.45. The molecule has 0 aromatic heterocycles. The maximum absolute atomic E-state index is 6.03. The fraction of sp³-hybridized carbons (Fsp3) is 0.625. The Morgan fingerprint density at radius 1 is 1.37 bits per heavy atom. The zero-order chi connectivity index (χ0) is 13.7. The second-order valence-electron chi connectivity index (χ2n) is 5.61. The highest BCUT2D eigenvalue weighted by Gasteiger charge is 2.24. The van der Waals surface area contributed by atoms with Crippen molar-refractivity contribution in [1.82, 2.24) is 4.90 Å². The van der Waals surface area contributed by atoms with E-state index in [1.54, 1.807) is 0 Å². The first kappa shape index (κ1) is 14.9. The standard InChI is InChI=1S/C16H26N2S/c1-13(15-6-4-3-5-7-15)10-16(11-17)18-8-9-19-14(2)12-18/h3-7,13-14,16H,8-12,17H2,1-2H3. The van der Waals surface area contributed by atoms with E-state index in [-0.39, 0.29) is 0 Å². The molecule has 1 aromatic rings. The molecule has 0 aliphatic carbocycles. The summed E-state index contributed by atoms with van der Waals surface area (Å²) in [4.78, 5) is 2.60. The second kappa shape index (κ2) is 7.32. The SMILES string of the molecule is CC1CN(C(CN)CC(C)c2ccccc2)CCS1. The van der Waals surface area contributed by atoms with Gasteiger partial charge in [0.2, 0.25) is 0 Å². The minimum Gasteiger partial charge on any atom is -0.329 e. The molecule has 2 nitrogen and oxygen atoms in total. The zero-order valence-electron chi connectivity index (χ0n) is 12.1. The molecule has 0 radical (unpaired) electrons. The molecule has 1 fully saturated rings. The third-order valence-corrected chi connectivity index (χ3v) is 5.19. The van der Waals surface area contributed by atoms with Gasteiger partial charge in [-0.05, 0) is 17.9 Å². The van der Waals surface area contributed by atoms with Crippen molar-refractivity contribution in [3.8, 4) is 0 Å². The minimum atomic E-state index is 0.526. The molecule has 2 N–H and O–H groups in total. The smallest absolute Gasteiger partial charge is 0.0224 e. The quantitative estimate of drug-likeness (QED) is 0.898. The highest BCUT2D eigenvalue weighted by atomic mass is 32.2. The summed E-state index contributed by atoms with van der Waals surface area (Å²) in [5.74, 6) is 1.83. The maximum atomic E-state index is 6.03. The summed E-state index contributed by atoms with van der Waals surface area (Å²) in [6, 6.07) is 11.3. The molecule has 3 unspecified atom stereocenters. The Kier molecular flexibility index (Phi) is 5.74. The van der Waals surface area contributed by atoms with Crippen LogP contribution in [0.5, 0.6) is 0 Å². The summed E-state index contributed by atoms with van der Waals surface area (Å²) in [5, 5.41) is 0.745. The summed E-state index contributed by atoms with van der Waals surface area (Å²) in [5.41, 5.74) is 7.46. The molecule has 106 valence electrons. The van der Waals surface area contributed by atoms with Gasteiger partial charge in [0, 0.05) is 36.7 Å². The van der Waals surface area contributed by atoms with E-state index in [0.29, 0.717) is 12.0 Å². The van der Waals surface area contributed by atoms with E-state index in [1.165, 1.54) is 24.4 Å². The lowest BCUT2D eigenvalue weighted by Gasteiger charge is -2.37. The van der Waals surface area contributed by atoms with Crippen molar-refractivity contribution in [2.24, 2.45) is 5.73 Å². The van der Waals surface area contributed by atoms with Crippen molar-refractivity contribution in [2.75, 3.05) is 25.4 Å². The zero-order valence-corrected chi connectivity index (χ0v) is 12.9. The Labute approximate surface area is 121 Å². The molecule has 19 heavy (non-hydrogen) atoms. The molecule has 1 aromatic carbocycles. The first-order valence-electron chi connectivity index (χ1n) is 7.31. The number of rotatable bonds is 5. The van der Waals surface area contributed by atoms with Crippen LogP contribution in [0.25, 0.3) is 0 Å². The Morgan fingerprint density at radius 3 is 2.74 bits per heavy atom. The average molecular weight is 278 g/mol. The Hall–Kier alpha value is -0.510. The number of thioether (sulfide) groups is 1. The van der Waals surface area contributed by atoms with Crippen LogP contribution in [0.2, 0.25) is 0 Å². The lowest BCUT2D eigenvalue weighted by molar-refractivity contribution is 0.193. The largest absolute Gasteiger partial charge is 0.329 e. The summed E-state index contributed by atoms with van der Waals surface area (Å²) in [6.07, 6.45) is 1.16. The topological polar surface area (TPSA) is 29.3 Å². The normalized spacial score (nSPS) is 24.1. The van der Waals surface area contributed by atoms with Crippen LogP contribution in [0.4, 0.5) is 0 Å². The van der Waals surface area contributed by atoms with Gasteiger partial charge in [0.1, 0.15) is 0 Å². The van der Waals surface area contributed by atoms with Crippen LogP contribution in [-0.2, 0) is 0 Å². The van der Waals surface area contributed by atoms with Crippen LogP contribution in [0.15, 0.2) is 30.3 Å². The molecule has 3 heteroatoms. The lowest BCUT2D eigenvalue weighted by Crippen LogP contribution is -2.47. The number of nitrogens with two attached hydrogens (primary N) is 1. The van der Waals surface area contributed by atoms with Gasteiger partial charge in [-0.25, -0.2) is 0 Å². The first-order valence-corrected chi connectivity index (χ1v) is 8.36. The van der Waals surface area contributed by atoms with Crippen molar-refractivity contribution < 1.29 is 0 Å². The molecular formula is C16H26N2S. The van der Waals surface area contributed by atoms with Crippen LogP contribution in [0.3, 0.4) is 0 Å². The number of nitrogens with zero attached hydrogens (tertiary/aromatic N) is 1. The molecule has 0 saturated carbocycles. The van der Waals surface area contributed by atoms with Gasteiger partial charge in [-0.2, -0.15) is 11.8 Å². The molecule has 1 aliphatic heterocycles. The number of benzene rings is 1. The molecule has 3 atom stereocenters. The third-order valence-electron chi connectivity index (χ3n) is 4.06. The van der Waals surface area contributed by atoms with Gasteiger partial charge in [-0.15, -0.1) is 0 Å². The van der Waals surface area contributed by atoms with Gasteiger partial charge in [-0.1, -0.05) is 44.2 Å². The van der Waals surface area contributed by atoms with Gasteiger partial charge >= 0.3 is 0 Å². The van der Waals surface area contributed by atoms with Gasteiger partial charge in [0.15, 0.2) is 0 Å². The Bertz CT molecular complexity index is 368. The Balaban J connectivity index is 1.95. The summed E-state index contributed by atoms with van der Waals surface area (Å²) in [6.45, 7) is 7.80. The van der Waals surface area contributed by atoms with E-state index >= 15 is 0 Å². The van der Waals surface area contributed by atoms with Crippen molar-refractivity contribution in [3.05, 3.63) is 35.9 Å². The van der Waals surface area contributed by atoms with Crippen LogP contribution >= 0.6 is 11.8 Å². The number of hydrogen-bond acceptors (Lipinski definition) is 3. The summed E-state index contributed by atoms with van der Waals surface area (Å²) < 4.78 is 0. The first-order chi connectivity index (χ1) is 9.20. The van der Waals surface area contributed by atoms with Crippen LogP contribution in [0.1, 0.15) is 31.7 Å². The lowest BCUT2D eigenvalue weighted by atomic mass is 9.93. The van der Waals surface area contributed by atoms with Crippen LogP contribution < -0.4 is 5.73 Å². The molecule has 1 heterocycles. The van der Waals surface area contributed by atoms with Crippen molar-refractivity contribution >= 4 is 11.8 Å². The highest BCUT2D eigenvalue weighted by Crippen LogP contribution is 2.25. The van der Waals surface area contributed by atoms with E-state index in [9.17, 15) is 0 Å². The van der Waals surface area contributed by atoms with Gasteiger partial charge in [0.25, 0.3) is 0 Å². The van der Waals surface area contributed by atoms with Crippen molar-refractivity contribution in [1.29, 1.82) is 0 Å². The highest BCUT2D eigenvalue weighted by molar-refractivity contribution is 7.99. The second-order valence-corrected chi connectivity index (χ2v) is 7.16. The predicted octanol–water partition coefficient (Wildman–Crippen LogP) is 2.94. The molecule has 0 amide bonds. The monoisotopic (exact) mass is 278 g/mol. The van der Waals surface area contributed by atoms with E-state index < -0.39 is 0 Å². The van der Waals surface area contributed by atoms with Crippen LogP contribution in [-0.4, -0.2) is 41.6 Å². The summed E-state index contributed by atoms with van der Waals surface area (Å²) in [7, 11) is 0. The Morgan fingerprint density at radius 2 is 2.11 bits per heavy atom. The molecule has 0 bridgehead atoms. The molecule has 2 rings (SSSR count).